The molecule has 8 heteroatoms. The van der Waals surface area contributed by atoms with Crippen molar-refractivity contribution in [3.8, 4) is 11.4 Å². The van der Waals surface area contributed by atoms with Crippen LogP contribution in [-0.4, -0.2) is 84.1 Å². The third-order valence-corrected chi connectivity index (χ3v) is 5.67. The lowest BCUT2D eigenvalue weighted by Gasteiger charge is -2.26. The van der Waals surface area contributed by atoms with Crippen molar-refractivity contribution in [2.24, 2.45) is 0 Å². The van der Waals surface area contributed by atoms with Gasteiger partial charge in [0, 0.05) is 37.9 Å². The zero-order chi connectivity index (χ0) is 21.5. The normalized spacial score (nSPS) is 17.2. The zero-order valence-corrected chi connectivity index (χ0v) is 17.8. The number of benzene rings is 1. The van der Waals surface area contributed by atoms with Crippen LogP contribution in [0.2, 0.25) is 0 Å². The van der Waals surface area contributed by atoms with Gasteiger partial charge in [-0.15, -0.1) is 0 Å². The molecule has 164 valence electrons. The van der Waals surface area contributed by atoms with Crippen LogP contribution in [0.1, 0.15) is 28.9 Å². The van der Waals surface area contributed by atoms with E-state index in [0.29, 0.717) is 30.9 Å². The first-order valence-electron chi connectivity index (χ1n) is 11.0. The summed E-state index contributed by atoms with van der Waals surface area (Å²) in [5, 5.41) is 2.94. The summed E-state index contributed by atoms with van der Waals surface area (Å²) in [6, 6.07) is 9.74. The van der Waals surface area contributed by atoms with E-state index >= 15 is 0 Å². The van der Waals surface area contributed by atoms with Gasteiger partial charge in [-0.1, -0.05) is 30.3 Å². The minimum Gasteiger partial charge on any atom is -0.379 e. The number of carbonyl (C=O) groups excluding carboxylic acids is 2. The number of morpholine rings is 1. The van der Waals surface area contributed by atoms with Gasteiger partial charge in [0.1, 0.15) is 0 Å². The summed E-state index contributed by atoms with van der Waals surface area (Å²) in [7, 11) is 0. The second-order valence-corrected chi connectivity index (χ2v) is 7.91. The average molecular weight is 424 g/mol. The summed E-state index contributed by atoms with van der Waals surface area (Å²) in [4.78, 5) is 38.4. The molecule has 0 aliphatic carbocycles. The Kier molecular flexibility index (Phi) is 7.22. The Labute approximate surface area is 182 Å². The maximum absolute atomic E-state index is 13.0. The highest BCUT2D eigenvalue weighted by Gasteiger charge is 2.26. The number of aromatic nitrogens is 2. The molecule has 8 nitrogen and oxygen atoms in total. The van der Waals surface area contributed by atoms with E-state index in [1.807, 2.05) is 30.3 Å². The Morgan fingerprint density at radius 3 is 2.74 bits per heavy atom. The van der Waals surface area contributed by atoms with E-state index in [4.69, 9.17) is 4.74 Å². The van der Waals surface area contributed by atoms with Crippen LogP contribution >= 0.6 is 0 Å². The summed E-state index contributed by atoms with van der Waals surface area (Å²) in [6.45, 7) is 5.61. The number of hydrogen-bond acceptors (Lipinski definition) is 6. The van der Waals surface area contributed by atoms with Crippen LogP contribution in [0.5, 0.6) is 0 Å². The van der Waals surface area contributed by atoms with Crippen molar-refractivity contribution in [3.63, 3.8) is 0 Å². The van der Waals surface area contributed by atoms with Gasteiger partial charge in [-0.05, 0) is 25.8 Å². The Morgan fingerprint density at radius 2 is 1.94 bits per heavy atom. The van der Waals surface area contributed by atoms with E-state index in [2.05, 4.69) is 20.2 Å². The lowest BCUT2D eigenvalue weighted by Crippen LogP contribution is -2.42. The molecule has 2 aliphatic heterocycles. The second kappa shape index (κ2) is 10.5. The number of carbonyl (C=O) groups is 2. The Balaban J connectivity index is 1.31. The second-order valence-electron chi connectivity index (χ2n) is 7.91. The van der Waals surface area contributed by atoms with Gasteiger partial charge >= 0.3 is 0 Å². The maximum Gasteiger partial charge on any atom is 0.257 e. The molecule has 0 saturated carbocycles. The topological polar surface area (TPSA) is 87.7 Å². The highest BCUT2D eigenvalue weighted by atomic mass is 16.5. The van der Waals surface area contributed by atoms with E-state index < -0.39 is 0 Å². The average Bonchev–Trinajstić information content (AvgIpc) is 2.96. The molecule has 1 aromatic carbocycles. The molecule has 3 heterocycles. The summed E-state index contributed by atoms with van der Waals surface area (Å²) >= 11 is 0. The molecule has 1 N–H and O–H groups in total. The van der Waals surface area contributed by atoms with Crippen molar-refractivity contribution >= 4 is 11.8 Å². The predicted octanol–water partition coefficient (Wildman–Crippen LogP) is 1.37. The van der Waals surface area contributed by atoms with Crippen LogP contribution in [-0.2, 0) is 16.0 Å². The van der Waals surface area contributed by atoms with Crippen molar-refractivity contribution in [1.82, 2.24) is 25.1 Å². The Morgan fingerprint density at radius 1 is 1.13 bits per heavy atom. The van der Waals surface area contributed by atoms with Gasteiger partial charge < -0.3 is 15.0 Å². The number of aryl methyl sites for hydroxylation is 1. The SMILES string of the molecule is O=C(CN1CCCc2nc(-c3ccccc3)ncc2C1=O)NCCCN1CCOCC1. The molecule has 1 saturated heterocycles. The van der Waals surface area contributed by atoms with Crippen molar-refractivity contribution in [2.45, 2.75) is 19.3 Å². The number of amides is 2. The number of hydrogen-bond donors (Lipinski definition) is 1. The van der Waals surface area contributed by atoms with Crippen LogP contribution in [0.4, 0.5) is 0 Å². The van der Waals surface area contributed by atoms with E-state index in [9.17, 15) is 9.59 Å². The van der Waals surface area contributed by atoms with Crippen LogP contribution < -0.4 is 5.32 Å². The lowest BCUT2D eigenvalue weighted by atomic mass is 10.1. The molecule has 1 aromatic heterocycles. The van der Waals surface area contributed by atoms with Crippen LogP contribution in [0.15, 0.2) is 36.5 Å². The fraction of sp³-hybridized carbons (Fsp3) is 0.478. The highest BCUT2D eigenvalue weighted by molar-refractivity contribution is 5.97. The molecule has 31 heavy (non-hydrogen) atoms. The maximum atomic E-state index is 13.0. The molecule has 2 aliphatic rings. The molecule has 0 spiro atoms. The zero-order valence-electron chi connectivity index (χ0n) is 17.8. The van der Waals surface area contributed by atoms with Gasteiger partial charge in [-0.3, -0.25) is 14.5 Å². The van der Waals surface area contributed by atoms with Crippen LogP contribution in [0.3, 0.4) is 0 Å². The number of rotatable bonds is 7. The van der Waals surface area contributed by atoms with Crippen molar-refractivity contribution in [2.75, 3.05) is 52.5 Å². The molecule has 2 amide bonds. The Hall–Kier alpha value is -2.84. The van der Waals surface area contributed by atoms with Crippen LogP contribution in [0.25, 0.3) is 11.4 Å². The van der Waals surface area contributed by atoms with Gasteiger partial charge in [0.05, 0.1) is 31.0 Å². The first-order chi connectivity index (χ1) is 15.2. The summed E-state index contributed by atoms with van der Waals surface area (Å²) in [6.07, 6.45) is 3.96. The predicted molar refractivity (Wildman–Crippen MR) is 117 cm³/mol. The molecule has 0 bridgehead atoms. The first kappa shape index (κ1) is 21.4. The quantitative estimate of drug-likeness (QED) is 0.677. The third-order valence-electron chi connectivity index (χ3n) is 5.67. The standard InChI is InChI=1S/C23H29N5O3/c29-21(24-9-5-10-27-12-14-31-15-13-27)17-28-11-4-8-20-19(23(28)30)16-25-22(26-20)18-6-2-1-3-7-18/h1-3,6-7,16H,4-5,8-15,17H2,(H,24,29). The van der Waals surface area contributed by atoms with E-state index in [-0.39, 0.29) is 18.4 Å². The summed E-state index contributed by atoms with van der Waals surface area (Å²) < 4.78 is 5.35. The van der Waals surface area contributed by atoms with E-state index in [1.165, 1.54) is 0 Å². The van der Waals surface area contributed by atoms with Crippen molar-refractivity contribution in [3.05, 3.63) is 47.8 Å². The van der Waals surface area contributed by atoms with Gasteiger partial charge in [-0.2, -0.15) is 0 Å². The highest BCUT2D eigenvalue weighted by Crippen LogP contribution is 2.20. The number of nitrogens with zero attached hydrogens (tertiary/aromatic N) is 4. The van der Waals surface area contributed by atoms with Gasteiger partial charge in [0.15, 0.2) is 5.82 Å². The van der Waals surface area contributed by atoms with E-state index in [1.54, 1.807) is 11.1 Å². The van der Waals surface area contributed by atoms with Gasteiger partial charge in [0.25, 0.3) is 5.91 Å². The first-order valence-corrected chi connectivity index (χ1v) is 11.0. The monoisotopic (exact) mass is 423 g/mol. The molecule has 4 rings (SSSR count). The fourth-order valence-electron chi connectivity index (χ4n) is 3.96. The largest absolute Gasteiger partial charge is 0.379 e. The smallest absolute Gasteiger partial charge is 0.257 e. The summed E-state index contributed by atoms with van der Waals surface area (Å²) in [5.41, 5.74) is 2.18. The van der Waals surface area contributed by atoms with Crippen molar-refractivity contribution < 1.29 is 14.3 Å². The molecule has 2 aromatic rings. The third kappa shape index (κ3) is 5.65. The Bertz CT molecular complexity index is 899. The minimum atomic E-state index is -0.171. The number of fused-ring (bicyclic) bond motifs is 1. The molecule has 1 fully saturated rings. The lowest BCUT2D eigenvalue weighted by molar-refractivity contribution is -0.121. The fourth-order valence-corrected chi connectivity index (χ4v) is 3.96. The summed E-state index contributed by atoms with van der Waals surface area (Å²) in [5.74, 6) is 0.329. The van der Waals surface area contributed by atoms with Gasteiger partial charge in [0.2, 0.25) is 5.91 Å². The molecular weight excluding hydrogens is 394 g/mol. The molecule has 0 atom stereocenters. The molecule has 0 radical (unpaired) electrons. The molecule has 0 unspecified atom stereocenters. The number of nitrogens with one attached hydrogen (secondary N) is 1. The number of ether oxygens (including phenoxy) is 1. The minimum absolute atomic E-state index is 0.0657. The van der Waals surface area contributed by atoms with E-state index in [0.717, 1.165) is 56.9 Å². The van der Waals surface area contributed by atoms with Crippen LogP contribution in [0, 0.1) is 0 Å². The van der Waals surface area contributed by atoms with Gasteiger partial charge in [-0.25, -0.2) is 9.97 Å². The van der Waals surface area contributed by atoms with Crippen molar-refractivity contribution in [1.29, 1.82) is 0 Å². The molecular formula is C23H29N5O3.